The summed E-state index contributed by atoms with van der Waals surface area (Å²) in [7, 11) is 6.52. The van der Waals surface area contributed by atoms with Gasteiger partial charge in [-0.15, -0.1) is 0 Å². The molecule has 2 aliphatic rings. The molecule has 1 unspecified atom stereocenters. The van der Waals surface area contributed by atoms with Crippen LogP contribution >= 0.6 is 11.3 Å². The van der Waals surface area contributed by atoms with Gasteiger partial charge in [0.2, 0.25) is 0 Å². The first-order valence-corrected chi connectivity index (χ1v) is 12.5. The molecular weight excluding hydrogens is 432 g/mol. The number of nitrogens with one attached hydrogen (secondary N) is 1. The van der Waals surface area contributed by atoms with E-state index in [9.17, 15) is 0 Å². The summed E-state index contributed by atoms with van der Waals surface area (Å²) in [5.41, 5.74) is 6.01. The number of ether oxygens (including phenoxy) is 1. The summed E-state index contributed by atoms with van der Waals surface area (Å²) in [5.74, 6) is 0.868. The number of pyridine rings is 1. The molecule has 0 spiro atoms. The van der Waals surface area contributed by atoms with Crippen LogP contribution in [-0.4, -0.2) is 65.9 Å². The fraction of sp³-hybridized carbons (Fsp3) is 0.440. The Kier molecular flexibility index (Phi) is 5.24. The Balaban J connectivity index is 1.28. The van der Waals surface area contributed by atoms with Crippen molar-refractivity contribution in [1.29, 1.82) is 0 Å². The van der Waals surface area contributed by atoms with Gasteiger partial charge in [0.25, 0.3) is 0 Å². The summed E-state index contributed by atoms with van der Waals surface area (Å²) in [4.78, 5) is 14.6. The predicted octanol–water partition coefficient (Wildman–Crippen LogP) is 4.18. The third-order valence-corrected chi connectivity index (χ3v) is 8.18. The van der Waals surface area contributed by atoms with E-state index in [1.165, 1.54) is 27.8 Å². The van der Waals surface area contributed by atoms with Crippen molar-refractivity contribution in [2.75, 3.05) is 50.6 Å². The maximum Gasteiger partial charge on any atom is 0.186 e. The van der Waals surface area contributed by atoms with Crippen LogP contribution in [0.1, 0.15) is 17.7 Å². The number of benzene rings is 1. The summed E-state index contributed by atoms with van der Waals surface area (Å²) in [6.07, 6.45) is 3.41. The molecule has 8 heteroatoms. The molecule has 0 amide bonds. The van der Waals surface area contributed by atoms with E-state index in [2.05, 4.69) is 71.2 Å². The number of likely N-dealkylation sites (N-methyl/N-ethyl adjacent to an activating group) is 1. The van der Waals surface area contributed by atoms with Crippen molar-refractivity contribution in [1.82, 2.24) is 19.4 Å². The number of anilines is 3. The van der Waals surface area contributed by atoms with E-state index in [0.717, 1.165) is 66.9 Å². The quantitative estimate of drug-likeness (QED) is 0.491. The number of morpholine rings is 1. The van der Waals surface area contributed by atoms with Crippen molar-refractivity contribution in [3.8, 4) is 0 Å². The standard InChI is InChI=1S/C25H30N6OS/c1-29(2)17-5-7-21-19(15-17)18-6-9-23(28-24(18)30(21)3)26-16-4-8-22-20(14-16)27-25(33-22)31-10-12-32-13-11-31/h4,6,8-9,14,17H,5,7,10-13,15H2,1-3H3,(H,26,28). The molecule has 1 fully saturated rings. The first-order chi connectivity index (χ1) is 16.1. The highest BCUT2D eigenvalue weighted by Gasteiger charge is 2.26. The highest BCUT2D eigenvalue weighted by molar-refractivity contribution is 7.22. The summed E-state index contributed by atoms with van der Waals surface area (Å²) in [6.45, 7) is 3.36. The molecule has 1 saturated heterocycles. The lowest BCUT2D eigenvalue weighted by atomic mass is 9.91. The molecule has 33 heavy (non-hydrogen) atoms. The average molecular weight is 463 g/mol. The Morgan fingerprint density at radius 1 is 1.12 bits per heavy atom. The number of hydrogen-bond acceptors (Lipinski definition) is 7. The molecule has 0 bridgehead atoms. The largest absolute Gasteiger partial charge is 0.378 e. The topological polar surface area (TPSA) is 58.4 Å². The molecule has 6 rings (SSSR count). The van der Waals surface area contributed by atoms with Crippen molar-refractivity contribution in [3.63, 3.8) is 0 Å². The van der Waals surface area contributed by atoms with Crippen LogP contribution in [0.2, 0.25) is 0 Å². The number of hydrogen-bond donors (Lipinski definition) is 1. The number of rotatable bonds is 4. The van der Waals surface area contributed by atoms with E-state index in [0.29, 0.717) is 6.04 Å². The Morgan fingerprint density at radius 3 is 2.79 bits per heavy atom. The molecule has 1 N–H and O–H groups in total. The first kappa shape index (κ1) is 20.9. The summed E-state index contributed by atoms with van der Waals surface area (Å²) >= 11 is 1.75. The number of nitrogens with zero attached hydrogens (tertiary/aromatic N) is 5. The van der Waals surface area contributed by atoms with E-state index in [-0.39, 0.29) is 0 Å². The lowest BCUT2D eigenvalue weighted by molar-refractivity contribution is 0.122. The van der Waals surface area contributed by atoms with Gasteiger partial charge in [-0.2, -0.15) is 0 Å². The average Bonchev–Trinajstić information content (AvgIpc) is 3.38. The van der Waals surface area contributed by atoms with Crippen LogP contribution in [0.3, 0.4) is 0 Å². The molecule has 7 nitrogen and oxygen atoms in total. The maximum atomic E-state index is 5.48. The molecule has 1 aliphatic carbocycles. The molecule has 0 saturated carbocycles. The van der Waals surface area contributed by atoms with Gasteiger partial charge in [0.05, 0.1) is 23.4 Å². The zero-order valence-corrected chi connectivity index (χ0v) is 20.3. The van der Waals surface area contributed by atoms with Gasteiger partial charge in [-0.3, -0.25) is 0 Å². The van der Waals surface area contributed by atoms with E-state index < -0.39 is 0 Å². The van der Waals surface area contributed by atoms with Gasteiger partial charge in [-0.25, -0.2) is 9.97 Å². The maximum absolute atomic E-state index is 5.48. The van der Waals surface area contributed by atoms with Gasteiger partial charge in [0, 0.05) is 42.9 Å². The second-order valence-electron chi connectivity index (χ2n) is 9.32. The minimum atomic E-state index is 0.605. The number of aryl methyl sites for hydroxylation is 1. The molecule has 4 aromatic rings. The third kappa shape index (κ3) is 3.76. The third-order valence-electron chi connectivity index (χ3n) is 7.09. The molecular formula is C25H30N6OS. The molecule has 3 aromatic heterocycles. The van der Waals surface area contributed by atoms with Crippen molar-refractivity contribution in [2.24, 2.45) is 7.05 Å². The summed E-state index contributed by atoms with van der Waals surface area (Å²) < 4.78 is 8.97. The van der Waals surface area contributed by atoms with E-state index in [1.807, 2.05) is 0 Å². The van der Waals surface area contributed by atoms with Crippen LogP contribution in [0.25, 0.3) is 21.3 Å². The lowest BCUT2D eigenvalue weighted by Crippen LogP contribution is -2.36. The predicted molar refractivity (Wildman–Crippen MR) is 136 cm³/mol. The van der Waals surface area contributed by atoms with Gasteiger partial charge in [-0.1, -0.05) is 11.3 Å². The molecule has 1 atom stereocenters. The Labute approximate surface area is 198 Å². The molecule has 1 aromatic carbocycles. The van der Waals surface area contributed by atoms with Crippen LogP contribution in [0.15, 0.2) is 30.3 Å². The van der Waals surface area contributed by atoms with Gasteiger partial charge < -0.3 is 24.4 Å². The van der Waals surface area contributed by atoms with Crippen LogP contribution in [0, 0.1) is 0 Å². The SMILES string of the molecule is CN(C)C1CCc2c(c3ccc(Nc4ccc5sc(N6CCOCC6)nc5c4)nc3n2C)C1. The lowest BCUT2D eigenvalue weighted by Gasteiger charge is -2.28. The first-order valence-electron chi connectivity index (χ1n) is 11.7. The van der Waals surface area contributed by atoms with Crippen LogP contribution in [0.4, 0.5) is 16.6 Å². The number of thiazole rings is 1. The minimum absolute atomic E-state index is 0.605. The second kappa shape index (κ2) is 8.27. The Morgan fingerprint density at radius 2 is 1.97 bits per heavy atom. The monoisotopic (exact) mass is 462 g/mol. The normalized spacial score (nSPS) is 18.9. The fourth-order valence-electron chi connectivity index (χ4n) is 5.15. The number of aromatic nitrogens is 3. The van der Waals surface area contributed by atoms with E-state index in [4.69, 9.17) is 14.7 Å². The van der Waals surface area contributed by atoms with Crippen molar-refractivity contribution >= 4 is 49.2 Å². The van der Waals surface area contributed by atoms with Crippen LogP contribution in [-0.2, 0) is 24.6 Å². The Bertz CT molecular complexity index is 1320. The molecule has 4 heterocycles. The second-order valence-corrected chi connectivity index (χ2v) is 10.3. The van der Waals surface area contributed by atoms with Crippen molar-refractivity contribution in [2.45, 2.75) is 25.3 Å². The van der Waals surface area contributed by atoms with Gasteiger partial charge in [0.1, 0.15) is 11.5 Å². The molecule has 0 radical (unpaired) electrons. The van der Waals surface area contributed by atoms with Gasteiger partial charge in [0.15, 0.2) is 5.13 Å². The number of fused-ring (bicyclic) bond motifs is 4. The van der Waals surface area contributed by atoms with E-state index in [1.54, 1.807) is 11.3 Å². The molecule has 172 valence electrons. The van der Waals surface area contributed by atoms with Gasteiger partial charge >= 0.3 is 0 Å². The summed E-state index contributed by atoms with van der Waals surface area (Å²) in [5, 5.41) is 5.88. The Hall–Kier alpha value is -2.68. The van der Waals surface area contributed by atoms with Crippen LogP contribution < -0.4 is 10.2 Å². The smallest absolute Gasteiger partial charge is 0.186 e. The fourth-order valence-corrected chi connectivity index (χ4v) is 6.15. The summed E-state index contributed by atoms with van der Waals surface area (Å²) in [6, 6.07) is 11.3. The zero-order chi connectivity index (χ0) is 22.5. The van der Waals surface area contributed by atoms with Gasteiger partial charge in [-0.05, 0) is 69.3 Å². The minimum Gasteiger partial charge on any atom is -0.378 e. The highest BCUT2D eigenvalue weighted by atomic mass is 32.1. The highest BCUT2D eigenvalue weighted by Crippen LogP contribution is 2.34. The van der Waals surface area contributed by atoms with Crippen LogP contribution in [0.5, 0.6) is 0 Å². The van der Waals surface area contributed by atoms with Crippen molar-refractivity contribution in [3.05, 3.63) is 41.6 Å². The van der Waals surface area contributed by atoms with Crippen molar-refractivity contribution < 1.29 is 4.74 Å². The zero-order valence-electron chi connectivity index (χ0n) is 19.5. The molecule has 1 aliphatic heterocycles. The van der Waals surface area contributed by atoms with E-state index >= 15 is 0 Å².